The molecule has 0 spiro atoms. The third kappa shape index (κ3) is 4.06. The Bertz CT molecular complexity index is 404. The van der Waals surface area contributed by atoms with E-state index in [0.717, 1.165) is 12.5 Å². The van der Waals surface area contributed by atoms with Crippen LogP contribution in [0.15, 0.2) is 18.2 Å². The minimum absolute atomic E-state index is 0.0759. The standard InChI is InChI=1S/C13H19FN2O/c1-8(2)6-9(3)16-13(17)11-5-4-10(14)7-12(11)15/h4-5,7-9H,6,15H2,1-3H3,(H,16,17). The SMILES string of the molecule is CC(C)CC(C)NC(=O)c1ccc(F)cc1N. The maximum absolute atomic E-state index is 12.8. The van der Waals surface area contributed by atoms with Crippen LogP contribution in [0.25, 0.3) is 0 Å². The number of nitrogens with two attached hydrogens (primary N) is 1. The molecule has 0 bridgehead atoms. The fourth-order valence-electron chi connectivity index (χ4n) is 1.81. The van der Waals surface area contributed by atoms with Crippen molar-refractivity contribution in [1.82, 2.24) is 5.32 Å². The summed E-state index contributed by atoms with van der Waals surface area (Å²) in [5.74, 6) is -0.180. The maximum atomic E-state index is 12.8. The van der Waals surface area contributed by atoms with Crippen LogP contribution in [0.4, 0.5) is 10.1 Å². The van der Waals surface area contributed by atoms with E-state index in [1.54, 1.807) is 0 Å². The molecule has 0 aliphatic carbocycles. The van der Waals surface area contributed by atoms with Gasteiger partial charge < -0.3 is 11.1 Å². The number of amides is 1. The summed E-state index contributed by atoms with van der Waals surface area (Å²) in [4.78, 5) is 11.9. The van der Waals surface area contributed by atoms with E-state index in [0.29, 0.717) is 11.5 Å². The van der Waals surface area contributed by atoms with Gasteiger partial charge in [-0.15, -0.1) is 0 Å². The molecule has 17 heavy (non-hydrogen) atoms. The number of anilines is 1. The van der Waals surface area contributed by atoms with Gasteiger partial charge in [-0.25, -0.2) is 4.39 Å². The van der Waals surface area contributed by atoms with Gasteiger partial charge in [0, 0.05) is 11.7 Å². The molecule has 3 nitrogen and oxygen atoms in total. The molecule has 1 aromatic carbocycles. The molecule has 0 heterocycles. The normalized spacial score (nSPS) is 12.5. The van der Waals surface area contributed by atoms with Gasteiger partial charge in [-0.2, -0.15) is 0 Å². The molecule has 1 aromatic rings. The first-order valence-electron chi connectivity index (χ1n) is 5.76. The number of halogens is 1. The van der Waals surface area contributed by atoms with E-state index in [1.165, 1.54) is 12.1 Å². The van der Waals surface area contributed by atoms with Crippen molar-refractivity contribution in [1.29, 1.82) is 0 Å². The number of hydrogen-bond donors (Lipinski definition) is 2. The Morgan fingerprint density at radius 3 is 2.59 bits per heavy atom. The van der Waals surface area contributed by atoms with Crippen LogP contribution in [0.1, 0.15) is 37.6 Å². The van der Waals surface area contributed by atoms with Gasteiger partial charge in [0.2, 0.25) is 0 Å². The molecule has 0 saturated carbocycles. The lowest BCUT2D eigenvalue weighted by atomic mass is 10.0. The Hall–Kier alpha value is -1.58. The second-order valence-electron chi connectivity index (χ2n) is 4.74. The zero-order valence-corrected chi connectivity index (χ0v) is 10.5. The van der Waals surface area contributed by atoms with Gasteiger partial charge in [0.15, 0.2) is 0 Å². The summed E-state index contributed by atoms with van der Waals surface area (Å²) in [6.07, 6.45) is 0.896. The second-order valence-corrected chi connectivity index (χ2v) is 4.74. The van der Waals surface area contributed by atoms with Crippen molar-refractivity contribution in [3.05, 3.63) is 29.6 Å². The van der Waals surface area contributed by atoms with E-state index < -0.39 is 5.82 Å². The highest BCUT2D eigenvalue weighted by Gasteiger charge is 2.13. The first kappa shape index (κ1) is 13.5. The smallest absolute Gasteiger partial charge is 0.253 e. The number of nitrogens with one attached hydrogen (secondary N) is 1. The highest BCUT2D eigenvalue weighted by Crippen LogP contribution is 2.14. The van der Waals surface area contributed by atoms with Crippen LogP contribution in [0.2, 0.25) is 0 Å². The summed E-state index contributed by atoms with van der Waals surface area (Å²) < 4.78 is 12.8. The molecule has 94 valence electrons. The quantitative estimate of drug-likeness (QED) is 0.792. The Morgan fingerprint density at radius 1 is 1.41 bits per heavy atom. The maximum Gasteiger partial charge on any atom is 0.253 e. The zero-order valence-electron chi connectivity index (χ0n) is 10.5. The average Bonchev–Trinajstić information content (AvgIpc) is 2.15. The van der Waals surface area contributed by atoms with Crippen molar-refractivity contribution in [2.24, 2.45) is 5.92 Å². The van der Waals surface area contributed by atoms with Crippen molar-refractivity contribution < 1.29 is 9.18 Å². The van der Waals surface area contributed by atoms with E-state index >= 15 is 0 Å². The van der Waals surface area contributed by atoms with E-state index in [1.807, 2.05) is 6.92 Å². The van der Waals surface area contributed by atoms with Crippen LogP contribution in [0.5, 0.6) is 0 Å². The lowest BCUT2D eigenvalue weighted by molar-refractivity contribution is 0.0937. The molecule has 4 heteroatoms. The summed E-state index contributed by atoms with van der Waals surface area (Å²) in [5, 5.41) is 2.85. The Kier molecular flexibility index (Phi) is 4.49. The molecule has 0 saturated heterocycles. The first-order chi connectivity index (χ1) is 7.90. The summed E-state index contributed by atoms with van der Waals surface area (Å²) in [6.45, 7) is 6.13. The Balaban J connectivity index is 2.70. The lowest BCUT2D eigenvalue weighted by Gasteiger charge is -2.16. The van der Waals surface area contributed by atoms with Crippen molar-refractivity contribution in [2.75, 3.05) is 5.73 Å². The predicted molar refractivity (Wildman–Crippen MR) is 67.2 cm³/mol. The van der Waals surface area contributed by atoms with Crippen LogP contribution < -0.4 is 11.1 Å². The van der Waals surface area contributed by atoms with Gasteiger partial charge in [-0.1, -0.05) is 13.8 Å². The van der Waals surface area contributed by atoms with E-state index in [9.17, 15) is 9.18 Å². The Morgan fingerprint density at radius 2 is 2.06 bits per heavy atom. The molecule has 0 aliphatic heterocycles. The molecule has 1 atom stereocenters. The van der Waals surface area contributed by atoms with Gasteiger partial charge in [-0.3, -0.25) is 4.79 Å². The van der Waals surface area contributed by atoms with Crippen molar-refractivity contribution in [3.63, 3.8) is 0 Å². The molecular weight excluding hydrogens is 219 g/mol. The number of carbonyl (C=O) groups excluding carboxylic acids is 1. The van der Waals surface area contributed by atoms with Crippen LogP contribution >= 0.6 is 0 Å². The summed E-state index contributed by atoms with van der Waals surface area (Å²) in [5.41, 5.74) is 6.09. The summed E-state index contributed by atoms with van der Waals surface area (Å²) in [6, 6.07) is 3.87. The number of hydrogen-bond acceptors (Lipinski definition) is 2. The zero-order chi connectivity index (χ0) is 13.0. The number of benzene rings is 1. The fraction of sp³-hybridized carbons (Fsp3) is 0.462. The molecule has 1 unspecified atom stereocenters. The third-order valence-electron chi connectivity index (χ3n) is 2.46. The summed E-state index contributed by atoms with van der Waals surface area (Å²) in [7, 11) is 0. The molecule has 0 aliphatic rings. The van der Waals surface area contributed by atoms with E-state index in [-0.39, 0.29) is 17.6 Å². The number of rotatable bonds is 4. The number of nitrogen functional groups attached to an aromatic ring is 1. The second kappa shape index (κ2) is 5.66. The van der Waals surface area contributed by atoms with Gasteiger partial charge in [0.1, 0.15) is 5.82 Å². The van der Waals surface area contributed by atoms with Crippen LogP contribution in [-0.2, 0) is 0 Å². The number of carbonyl (C=O) groups is 1. The molecule has 1 rings (SSSR count). The molecule has 0 radical (unpaired) electrons. The molecular formula is C13H19FN2O. The predicted octanol–water partition coefficient (Wildman–Crippen LogP) is 2.57. The monoisotopic (exact) mass is 238 g/mol. The highest BCUT2D eigenvalue weighted by atomic mass is 19.1. The highest BCUT2D eigenvalue weighted by molar-refractivity contribution is 5.99. The van der Waals surface area contributed by atoms with Crippen molar-refractivity contribution in [2.45, 2.75) is 33.2 Å². The first-order valence-corrected chi connectivity index (χ1v) is 5.76. The molecule has 1 amide bonds. The van der Waals surface area contributed by atoms with Gasteiger partial charge in [-0.05, 0) is 37.5 Å². The minimum Gasteiger partial charge on any atom is -0.398 e. The molecule has 0 fully saturated rings. The topological polar surface area (TPSA) is 55.1 Å². The lowest BCUT2D eigenvalue weighted by Crippen LogP contribution is -2.33. The van der Waals surface area contributed by atoms with Crippen LogP contribution in [-0.4, -0.2) is 11.9 Å². The molecule has 3 N–H and O–H groups in total. The average molecular weight is 238 g/mol. The van der Waals surface area contributed by atoms with Crippen LogP contribution in [0.3, 0.4) is 0 Å². The van der Waals surface area contributed by atoms with Gasteiger partial charge >= 0.3 is 0 Å². The largest absolute Gasteiger partial charge is 0.398 e. The minimum atomic E-state index is -0.436. The van der Waals surface area contributed by atoms with Crippen LogP contribution in [0, 0.1) is 11.7 Å². The van der Waals surface area contributed by atoms with E-state index in [2.05, 4.69) is 19.2 Å². The fourth-order valence-corrected chi connectivity index (χ4v) is 1.81. The third-order valence-corrected chi connectivity index (χ3v) is 2.46. The molecule has 0 aromatic heterocycles. The Labute approximate surface area is 101 Å². The van der Waals surface area contributed by atoms with Crippen molar-refractivity contribution >= 4 is 11.6 Å². The van der Waals surface area contributed by atoms with E-state index in [4.69, 9.17) is 5.73 Å². The van der Waals surface area contributed by atoms with Crippen molar-refractivity contribution in [3.8, 4) is 0 Å². The van der Waals surface area contributed by atoms with Gasteiger partial charge in [0.05, 0.1) is 5.56 Å². The summed E-state index contributed by atoms with van der Waals surface area (Å²) >= 11 is 0. The van der Waals surface area contributed by atoms with Gasteiger partial charge in [0.25, 0.3) is 5.91 Å².